The fourth-order valence-electron chi connectivity index (χ4n) is 2.91. The number of ether oxygens (including phenoxy) is 1. The molecule has 1 aromatic heterocycles. The van der Waals surface area contributed by atoms with Crippen molar-refractivity contribution in [2.75, 3.05) is 30.4 Å². The van der Waals surface area contributed by atoms with Gasteiger partial charge in [-0.25, -0.2) is 9.97 Å². The first-order valence-electron chi connectivity index (χ1n) is 8.26. The first-order valence-corrected chi connectivity index (χ1v) is 8.64. The van der Waals surface area contributed by atoms with Gasteiger partial charge in [0.25, 0.3) is 0 Å². The van der Waals surface area contributed by atoms with E-state index in [0.717, 1.165) is 42.2 Å². The van der Waals surface area contributed by atoms with E-state index < -0.39 is 0 Å². The number of hydrogen-bond acceptors (Lipinski definition) is 5. The highest BCUT2D eigenvalue weighted by atomic mass is 35.5. The molecule has 128 valence electrons. The van der Waals surface area contributed by atoms with Gasteiger partial charge in [0, 0.05) is 24.8 Å². The summed E-state index contributed by atoms with van der Waals surface area (Å²) in [5, 5.41) is 3.88. The molecule has 0 amide bonds. The molecule has 0 atom stereocenters. The predicted molar refractivity (Wildman–Crippen MR) is 98.7 cm³/mol. The van der Waals surface area contributed by atoms with Crippen LogP contribution in [0.5, 0.6) is 5.75 Å². The molecule has 3 rings (SSSR count). The van der Waals surface area contributed by atoms with Crippen LogP contribution in [0.25, 0.3) is 0 Å². The minimum Gasteiger partial charge on any atom is -0.495 e. The summed E-state index contributed by atoms with van der Waals surface area (Å²) in [6, 6.07) is 7.59. The topological polar surface area (TPSA) is 50.3 Å². The third-order valence-electron chi connectivity index (χ3n) is 4.36. The molecule has 1 aliphatic heterocycles. The zero-order valence-electron chi connectivity index (χ0n) is 14.3. The van der Waals surface area contributed by atoms with Crippen molar-refractivity contribution in [3.05, 3.63) is 35.1 Å². The van der Waals surface area contributed by atoms with Crippen molar-refractivity contribution in [1.82, 2.24) is 9.97 Å². The number of nitrogens with zero attached hydrogens (tertiary/aromatic N) is 3. The Morgan fingerprint density at radius 2 is 1.96 bits per heavy atom. The lowest BCUT2D eigenvalue weighted by Crippen LogP contribution is -2.33. The number of nitrogens with one attached hydrogen (secondary N) is 1. The second-order valence-corrected chi connectivity index (χ2v) is 6.71. The molecule has 1 aromatic carbocycles. The van der Waals surface area contributed by atoms with Crippen LogP contribution in [0.3, 0.4) is 0 Å². The molecular formula is C18H23ClN4O. The van der Waals surface area contributed by atoms with E-state index in [0.29, 0.717) is 10.8 Å². The molecule has 2 heterocycles. The van der Waals surface area contributed by atoms with Crippen molar-refractivity contribution in [2.24, 2.45) is 5.92 Å². The quantitative estimate of drug-likeness (QED) is 0.887. The molecule has 0 radical (unpaired) electrons. The maximum Gasteiger partial charge on any atom is 0.137 e. The Hall–Kier alpha value is -2.01. The zero-order valence-corrected chi connectivity index (χ0v) is 15.1. The molecule has 0 unspecified atom stereocenters. The fraction of sp³-hybridized carbons (Fsp3) is 0.444. The van der Waals surface area contributed by atoms with Gasteiger partial charge in [-0.15, -0.1) is 0 Å². The fourth-order valence-corrected chi connectivity index (χ4v) is 3.17. The van der Waals surface area contributed by atoms with E-state index in [1.54, 1.807) is 7.11 Å². The van der Waals surface area contributed by atoms with Crippen molar-refractivity contribution < 1.29 is 4.74 Å². The van der Waals surface area contributed by atoms with Gasteiger partial charge in [-0.1, -0.05) is 18.5 Å². The van der Waals surface area contributed by atoms with Gasteiger partial charge in [0.1, 0.15) is 23.2 Å². The molecule has 2 aromatic rings. The molecule has 0 spiro atoms. The van der Waals surface area contributed by atoms with E-state index in [1.807, 2.05) is 31.2 Å². The second-order valence-electron chi connectivity index (χ2n) is 6.30. The van der Waals surface area contributed by atoms with Gasteiger partial charge in [0.15, 0.2) is 0 Å². The van der Waals surface area contributed by atoms with Crippen LogP contribution >= 0.6 is 11.6 Å². The monoisotopic (exact) mass is 346 g/mol. The Morgan fingerprint density at radius 1 is 1.21 bits per heavy atom. The van der Waals surface area contributed by atoms with Crippen molar-refractivity contribution >= 4 is 28.9 Å². The minimum absolute atomic E-state index is 0.568. The summed E-state index contributed by atoms with van der Waals surface area (Å²) in [5.41, 5.74) is 0.872. The summed E-state index contributed by atoms with van der Waals surface area (Å²) in [6.07, 6.45) is 2.42. The normalized spacial score (nSPS) is 15.4. The van der Waals surface area contributed by atoms with Crippen LogP contribution in [0.1, 0.15) is 25.6 Å². The molecule has 1 fully saturated rings. The van der Waals surface area contributed by atoms with Gasteiger partial charge in [-0.2, -0.15) is 0 Å². The molecule has 5 nitrogen and oxygen atoms in total. The highest BCUT2D eigenvalue weighted by Gasteiger charge is 2.18. The lowest BCUT2D eigenvalue weighted by Gasteiger charge is -2.31. The van der Waals surface area contributed by atoms with E-state index in [1.165, 1.54) is 12.8 Å². The van der Waals surface area contributed by atoms with Crippen LogP contribution in [0, 0.1) is 12.8 Å². The zero-order chi connectivity index (χ0) is 17.1. The van der Waals surface area contributed by atoms with E-state index >= 15 is 0 Å². The number of hydrogen-bond donors (Lipinski definition) is 1. The highest BCUT2D eigenvalue weighted by molar-refractivity contribution is 6.32. The summed E-state index contributed by atoms with van der Waals surface area (Å²) in [4.78, 5) is 11.4. The van der Waals surface area contributed by atoms with Crippen LogP contribution in [0.15, 0.2) is 24.3 Å². The highest BCUT2D eigenvalue weighted by Crippen LogP contribution is 2.29. The molecule has 6 heteroatoms. The van der Waals surface area contributed by atoms with Crippen molar-refractivity contribution in [1.29, 1.82) is 0 Å². The molecule has 1 N–H and O–H groups in total. The number of halogens is 1. The summed E-state index contributed by atoms with van der Waals surface area (Å²) in [7, 11) is 1.61. The Morgan fingerprint density at radius 3 is 2.62 bits per heavy atom. The minimum atomic E-state index is 0.568. The van der Waals surface area contributed by atoms with Gasteiger partial charge < -0.3 is 15.0 Å². The molecule has 0 aliphatic carbocycles. The number of aryl methyl sites for hydroxylation is 1. The van der Waals surface area contributed by atoms with Crippen molar-refractivity contribution in [3.63, 3.8) is 0 Å². The molecule has 1 aliphatic rings. The molecule has 0 saturated carbocycles. The molecule has 1 saturated heterocycles. The maximum atomic E-state index is 6.19. The number of methoxy groups -OCH3 is 1. The number of benzene rings is 1. The lowest BCUT2D eigenvalue weighted by atomic mass is 9.99. The van der Waals surface area contributed by atoms with Crippen LogP contribution in [-0.2, 0) is 0 Å². The first-order chi connectivity index (χ1) is 11.5. The Labute approximate surface area is 148 Å². The lowest BCUT2D eigenvalue weighted by molar-refractivity contribution is 0.415. The van der Waals surface area contributed by atoms with E-state index in [-0.39, 0.29) is 0 Å². The SMILES string of the molecule is COc1ccc(Nc2cc(N3CCC(C)CC3)nc(C)n2)cc1Cl. The Kier molecular flexibility index (Phi) is 5.09. The van der Waals surface area contributed by atoms with Crippen LogP contribution in [0.2, 0.25) is 5.02 Å². The van der Waals surface area contributed by atoms with E-state index in [2.05, 4.69) is 27.1 Å². The average molecular weight is 347 g/mol. The van der Waals surface area contributed by atoms with E-state index in [4.69, 9.17) is 16.3 Å². The van der Waals surface area contributed by atoms with Gasteiger partial charge in [-0.3, -0.25) is 0 Å². The largest absolute Gasteiger partial charge is 0.495 e. The smallest absolute Gasteiger partial charge is 0.137 e. The van der Waals surface area contributed by atoms with E-state index in [9.17, 15) is 0 Å². The molecule has 24 heavy (non-hydrogen) atoms. The number of piperidine rings is 1. The Balaban J connectivity index is 1.80. The average Bonchev–Trinajstić information content (AvgIpc) is 2.55. The summed E-state index contributed by atoms with van der Waals surface area (Å²) >= 11 is 6.19. The standard InChI is InChI=1S/C18H23ClN4O/c1-12-6-8-23(9-7-12)18-11-17(20-13(2)21-18)22-14-4-5-16(24-3)15(19)10-14/h4-5,10-12H,6-9H2,1-3H3,(H,20,21,22). The number of anilines is 3. The first kappa shape index (κ1) is 16.8. The van der Waals surface area contributed by atoms with Gasteiger partial charge >= 0.3 is 0 Å². The summed E-state index contributed by atoms with van der Waals surface area (Å²) in [6.45, 7) is 6.32. The second kappa shape index (κ2) is 7.26. The van der Waals surface area contributed by atoms with Crippen molar-refractivity contribution in [2.45, 2.75) is 26.7 Å². The summed E-state index contributed by atoms with van der Waals surface area (Å²) in [5.74, 6) is 3.97. The van der Waals surface area contributed by atoms with Gasteiger partial charge in [-0.05, 0) is 43.9 Å². The Bertz CT molecular complexity index is 714. The van der Waals surface area contributed by atoms with Gasteiger partial charge in [0.05, 0.1) is 12.1 Å². The third kappa shape index (κ3) is 3.90. The molecular weight excluding hydrogens is 324 g/mol. The number of aromatic nitrogens is 2. The third-order valence-corrected chi connectivity index (χ3v) is 4.65. The predicted octanol–water partition coefficient (Wildman–Crippen LogP) is 4.43. The maximum absolute atomic E-state index is 6.19. The van der Waals surface area contributed by atoms with Crippen LogP contribution in [0.4, 0.5) is 17.3 Å². The summed E-state index contributed by atoms with van der Waals surface area (Å²) < 4.78 is 5.18. The van der Waals surface area contributed by atoms with Crippen LogP contribution in [-0.4, -0.2) is 30.2 Å². The van der Waals surface area contributed by atoms with Crippen molar-refractivity contribution in [3.8, 4) is 5.75 Å². The van der Waals surface area contributed by atoms with Gasteiger partial charge in [0.2, 0.25) is 0 Å². The van der Waals surface area contributed by atoms with Crippen LogP contribution < -0.4 is 15.0 Å². The molecule has 0 bridgehead atoms. The number of rotatable bonds is 4.